The number of aromatic amines is 2. The van der Waals surface area contributed by atoms with Crippen LogP contribution in [0.2, 0.25) is 0 Å². The quantitative estimate of drug-likeness (QED) is 0.0230. The lowest BCUT2D eigenvalue weighted by molar-refractivity contribution is -0.745. The number of nitrogens with one attached hydrogen (secondary N) is 2. The Kier molecular flexibility index (Phi) is 17.0. The molecule has 80 heavy (non-hydrogen) atoms. The fourth-order valence-electron chi connectivity index (χ4n) is 9.20. The highest BCUT2D eigenvalue weighted by Crippen LogP contribution is 2.68. The largest absolute Gasteiger partial charge is 0.490 e. The molecule has 3 aliphatic rings. The molecule has 0 radical (unpaired) electrons. The third kappa shape index (κ3) is 12.4. The van der Waals surface area contributed by atoms with E-state index in [0.717, 1.165) is 17.2 Å². The Labute approximate surface area is 446 Å². The molecular weight excluding hydrogens is 1160 g/mol. The van der Waals surface area contributed by atoms with Gasteiger partial charge < -0.3 is 75.8 Å². The van der Waals surface area contributed by atoms with Crippen molar-refractivity contribution in [2.24, 2.45) is 13.0 Å². The van der Waals surface area contributed by atoms with Crippen molar-refractivity contribution in [2.75, 3.05) is 50.7 Å². The molecule has 440 valence electrons. The van der Waals surface area contributed by atoms with Crippen molar-refractivity contribution in [3.63, 3.8) is 0 Å². The SMILES string of the molecule is COCC[C@H]1[C@@H](O)[C@H]([n+]2cn(C)c3c(=O)[nH]c(N)nc32)O[C@@H]1COP(=O)(O)OP(=O)(O)OP(=O)(O)OC[C@H]1O[C@@H](n2cnc3c(N)ncnc32)[C@H](OC(C)C)[C@@H]1OP(=O)(O)OC[C@H]1O[C@@H](n2cnc3c(=O)[nH]c(N)nc32)[C@H](O)[C@@H]1O. The Morgan fingerprint density at radius 1 is 0.713 bits per heavy atom. The fourth-order valence-corrected chi connectivity index (χ4v) is 13.7. The molecule has 0 bridgehead atoms. The average molecular weight is 1220 g/mol. The van der Waals surface area contributed by atoms with Crippen LogP contribution in [0.4, 0.5) is 17.7 Å². The molecular formula is C37H54N15O24P4+. The Hall–Kier alpha value is -5.15. The first kappa shape index (κ1) is 59.5. The van der Waals surface area contributed by atoms with Gasteiger partial charge in [-0.2, -0.15) is 13.6 Å². The number of methoxy groups -OCH3 is 1. The highest BCUT2D eigenvalue weighted by Gasteiger charge is 2.54. The summed E-state index contributed by atoms with van der Waals surface area (Å²) in [4.78, 5) is 97.1. The summed E-state index contributed by atoms with van der Waals surface area (Å²) in [6, 6.07) is 0. The van der Waals surface area contributed by atoms with E-state index in [9.17, 15) is 62.7 Å². The van der Waals surface area contributed by atoms with Crippen molar-refractivity contribution in [2.45, 2.75) is 93.9 Å². The summed E-state index contributed by atoms with van der Waals surface area (Å²) < 4.78 is 117. The minimum atomic E-state index is -6.19. The molecule has 0 aromatic carbocycles. The van der Waals surface area contributed by atoms with Crippen molar-refractivity contribution >= 4 is 82.5 Å². The predicted octanol–water partition coefficient (Wildman–Crippen LogP) is -2.64. The lowest BCUT2D eigenvalue weighted by atomic mass is 9.95. The molecule has 0 saturated carbocycles. The van der Waals surface area contributed by atoms with Gasteiger partial charge in [0.15, 0.2) is 41.4 Å². The topological polar surface area (TPSA) is 551 Å². The van der Waals surface area contributed by atoms with E-state index >= 15 is 0 Å². The first-order valence-corrected chi connectivity index (χ1v) is 29.5. The number of nitrogens with zero attached hydrogens (tertiary/aromatic N) is 10. The molecule has 0 amide bonds. The number of aromatic nitrogens is 12. The minimum Gasteiger partial charge on any atom is -0.387 e. The number of phosphoric ester groups is 3. The van der Waals surface area contributed by atoms with Gasteiger partial charge in [-0.05, 0) is 20.3 Å². The predicted molar refractivity (Wildman–Crippen MR) is 262 cm³/mol. The smallest absolute Gasteiger partial charge is 0.387 e. The summed E-state index contributed by atoms with van der Waals surface area (Å²) in [5, 5.41) is 33.3. The van der Waals surface area contributed by atoms with Crippen molar-refractivity contribution < 1.29 is 108 Å². The minimum absolute atomic E-state index is 0.00647. The van der Waals surface area contributed by atoms with Crippen LogP contribution in [0, 0.1) is 5.92 Å². The second kappa shape index (κ2) is 22.9. The summed E-state index contributed by atoms with van der Waals surface area (Å²) in [7, 11) is -20.6. The molecule has 16 atom stereocenters. The first-order valence-electron chi connectivity index (χ1n) is 23.5. The van der Waals surface area contributed by atoms with E-state index in [0.29, 0.717) is 0 Å². The van der Waals surface area contributed by atoms with Gasteiger partial charge in [0.05, 0.1) is 51.7 Å². The summed E-state index contributed by atoms with van der Waals surface area (Å²) in [5.74, 6) is -1.59. The second-order valence-electron chi connectivity index (χ2n) is 18.4. The van der Waals surface area contributed by atoms with Gasteiger partial charge in [0.25, 0.3) is 17.1 Å². The number of aliphatic hydroxyl groups excluding tert-OH is 3. The van der Waals surface area contributed by atoms with Crippen LogP contribution in [0.25, 0.3) is 33.5 Å². The maximum Gasteiger partial charge on any atom is 0.490 e. The van der Waals surface area contributed by atoms with Crippen LogP contribution in [0.15, 0.2) is 34.9 Å². The molecule has 0 aliphatic carbocycles. The Balaban J connectivity index is 0.890. The number of nitrogen functional groups attached to an aromatic ring is 3. The normalized spacial score (nSPS) is 29.4. The second-order valence-corrected chi connectivity index (χ2v) is 24.4. The lowest BCUT2D eigenvalue weighted by Crippen LogP contribution is -2.45. The van der Waals surface area contributed by atoms with Crippen LogP contribution >= 0.6 is 31.3 Å². The monoisotopic (exact) mass is 1220 g/mol. The standard InChI is InChI=1S/C37H53N15O24P4/c1-14(2)70-26-25(74-77(58,59)67-8-17-23(54)24(55)34(72-17)51-12-44-20-29(51)45-36(39)47-31(20)56)18(73-35(26)50-11-43-19-27(38)41-10-42-28(19)50)9-69-79(62,63)76-80(64,65)75-78(60,61)68-7-16-15(5-6-66-4)22(53)33(71-16)52-13-49(3)21-30(52)46-37(40)48-32(21)57/h10-18,22-26,33-35,53-55H,5-9H2,1-4H3,(H11-,38,39,40,41,42,45,46,47,48,56,57,58,59,60,61,62,63,64,65)/p+1/t15-,16-,17-,18-,22-,23-,24-,25-,26-,33-,34-,35-/m1/s1. The molecule has 3 fully saturated rings. The lowest BCUT2D eigenvalue weighted by Gasteiger charge is -2.28. The molecule has 43 heteroatoms. The van der Waals surface area contributed by atoms with Gasteiger partial charge >= 0.3 is 36.9 Å². The van der Waals surface area contributed by atoms with Gasteiger partial charge in [-0.1, -0.05) is 4.98 Å². The number of nitrogens with two attached hydrogens (primary N) is 3. The molecule has 0 spiro atoms. The zero-order chi connectivity index (χ0) is 58.0. The van der Waals surface area contributed by atoms with Crippen LogP contribution < -0.4 is 32.9 Å². The van der Waals surface area contributed by atoms with Crippen LogP contribution in [0.1, 0.15) is 39.0 Å². The van der Waals surface area contributed by atoms with E-state index in [1.807, 2.05) is 0 Å². The number of aryl methyl sites for hydroxylation is 1. The molecule has 4 unspecified atom stereocenters. The Morgan fingerprint density at radius 3 is 1.99 bits per heavy atom. The van der Waals surface area contributed by atoms with Gasteiger partial charge in [0.1, 0.15) is 54.6 Å². The van der Waals surface area contributed by atoms with E-state index in [1.165, 1.54) is 40.5 Å². The summed E-state index contributed by atoms with van der Waals surface area (Å²) in [6.07, 6.45) is -13.5. The van der Waals surface area contributed by atoms with Crippen LogP contribution in [-0.2, 0) is 75.7 Å². The Bertz CT molecular complexity index is 3580. The molecule has 15 N–H and O–H groups in total. The van der Waals surface area contributed by atoms with Crippen molar-refractivity contribution in [1.29, 1.82) is 0 Å². The maximum atomic E-state index is 13.9. The highest BCUT2D eigenvalue weighted by molar-refractivity contribution is 7.66. The molecule has 9 rings (SSSR count). The van der Waals surface area contributed by atoms with Crippen molar-refractivity contribution in [3.8, 4) is 0 Å². The summed E-state index contributed by atoms with van der Waals surface area (Å²) in [6.45, 7) is -0.0404. The number of rotatable bonds is 23. The number of hydrogen-bond acceptors (Lipinski definition) is 29. The number of aliphatic hydroxyl groups is 3. The number of H-pyrrole nitrogens is 2. The average Bonchev–Trinajstić information content (AvgIpc) is 4.21. The number of phosphoric acid groups is 4. The molecule has 3 saturated heterocycles. The molecule has 9 heterocycles. The fraction of sp³-hybridized carbons (Fsp3) is 0.595. The molecule has 3 aliphatic heterocycles. The maximum absolute atomic E-state index is 13.9. The van der Waals surface area contributed by atoms with Crippen molar-refractivity contribution in [1.82, 2.24) is 53.6 Å². The van der Waals surface area contributed by atoms with E-state index < -0.39 is 142 Å². The third-order valence-corrected chi connectivity index (χ3v) is 17.8. The third-order valence-electron chi connectivity index (χ3n) is 12.6. The summed E-state index contributed by atoms with van der Waals surface area (Å²) >= 11 is 0. The van der Waals surface area contributed by atoms with Gasteiger partial charge in [-0.25, -0.2) is 42.8 Å². The van der Waals surface area contributed by atoms with Gasteiger partial charge in [0, 0.05) is 19.6 Å². The van der Waals surface area contributed by atoms with E-state index in [-0.39, 0.29) is 64.2 Å². The van der Waals surface area contributed by atoms with E-state index in [2.05, 4.69) is 48.5 Å². The zero-order valence-electron chi connectivity index (χ0n) is 41.9. The zero-order valence-corrected chi connectivity index (χ0v) is 45.5. The van der Waals surface area contributed by atoms with Crippen LogP contribution in [0.5, 0.6) is 0 Å². The van der Waals surface area contributed by atoms with Gasteiger partial charge in [-0.3, -0.25) is 51.4 Å². The number of ether oxygens (including phenoxy) is 5. The highest BCUT2D eigenvalue weighted by atomic mass is 31.3. The van der Waals surface area contributed by atoms with E-state index in [1.54, 1.807) is 13.8 Å². The van der Waals surface area contributed by atoms with Gasteiger partial charge in [0.2, 0.25) is 17.7 Å². The van der Waals surface area contributed by atoms with Crippen LogP contribution in [-0.4, -0.2) is 177 Å². The van der Waals surface area contributed by atoms with Crippen LogP contribution in [0.3, 0.4) is 0 Å². The molecule has 39 nitrogen and oxygen atoms in total. The number of imidazole rings is 3. The molecule has 6 aromatic rings. The first-order chi connectivity index (χ1) is 37.6. The van der Waals surface area contributed by atoms with Gasteiger partial charge in [-0.15, -0.1) is 0 Å². The number of hydrogen-bond donors (Lipinski definition) is 12. The van der Waals surface area contributed by atoms with Crippen molar-refractivity contribution in [3.05, 3.63) is 46.0 Å². The summed E-state index contributed by atoms with van der Waals surface area (Å²) in [5.41, 5.74) is 15.9. The Morgan fingerprint density at radius 2 is 1.31 bits per heavy atom. The number of anilines is 3. The number of fused-ring (bicyclic) bond motifs is 3. The molecule has 6 aromatic heterocycles. The van der Waals surface area contributed by atoms with E-state index in [4.69, 9.17) is 59.0 Å².